The molecule has 0 bridgehead atoms. The number of carboxylic acids is 1. The van der Waals surface area contributed by atoms with E-state index in [0.717, 1.165) is 11.3 Å². The molecule has 2 atom stereocenters. The van der Waals surface area contributed by atoms with Gasteiger partial charge in [0.2, 0.25) is 0 Å². The summed E-state index contributed by atoms with van der Waals surface area (Å²) < 4.78 is 6.05. The zero-order chi connectivity index (χ0) is 15.8. The second-order valence-electron chi connectivity index (χ2n) is 5.64. The largest absolute Gasteiger partial charge is 0.479 e. The molecule has 7 heteroatoms. The summed E-state index contributed by atoms with van der Waals surface area (Å²) in [5.41, 5.74) is -2.01. The fraction of sp³-hybridized carbons (Fsp3) is 0.571. The Morgan fingerprint density at radius 1 is 1.52 bits per heavy atom. The van der Waals surface area contributed by atoms with E-state index in [9.17, 15) is 14.7 Å². The highest BCUT2D eigenvalue weighted by molar-refractivity contribution is 7.18. The number of rotatable bonds is 5. The van der Waals surface area contributed by atoms with Crippen molar-refractivity contribution in [2.24, 2.45) is 5.41 Å². The Labute approximate surface area is 132 Å². The van der Waals surface area contributed by atoms with E-state index in [0.29, 0.717) is 15.8 Å². The summed E-state index contributed by atoms with van der Waals surface area (Å²) in [5, 5.41) is 12.3. The van der Waals surface area contributed by atoms with Gasteiger partial charge in [-0.2, -0.15) is 0 Å². The van der Waals surface area contributed by atoms with Gasteiger partial charge < -0.3 is 15.2 Å². The van der Waals surface area contributed by atoms with Crippen molar-refractivity contribution in [2.75, 3.05) is 6.61 Å². The summed E-state index contributed by atoms with van der Waals surface area (Å²) in [7, 11) is 0. The molecule has 1 aromatic heterocycles. The average molecular weight is 332 g/mol. The van der Waals surface area contributed by atoms with Gasteiger partial charge in [0.1, 0.15) is 5.54 Å². The first kappa shape index (κ1) is 16.3. The van der Waals surface area contributed by atoms with Crippen LogP contribution in [-0.4, -0.2) is 35.2 Å². The molecule has 0 saturated heterocycles. The molecule has 2 rings (SSSR count). The van der Waals surface area contributed by atoms with E-state index in [-0.39, 0.29) is 12.5 Å². The fourth-order valence-corrected chi connectivity index (χ4v) is 3.67. The topological polar surface area (TPSA) is 75.6 Å². The highest BCUT2D eigenvalue weighted by atomic mass is 35.5. The Morgan fingerprint density at radius 2 is 2.19 bits per heavy atom. The molecule has 1 aromatic rings. The second kappa shape index (κ2) is 5.59. The lowest BCUT2D eigenvalue weighted by atomic mass is 9.54. The Morgan fingerprint density at radius 3 is 2.62 bits per heavy atom. The van der Waals surface area contributed by atoms with E-state index < -0.39 is 22.8 Å². The monoisotopic (exact) mass is 331 g/mol. The molecule has 116 valence electrons. The molecule has 0 aliphatic heterocycles. The number of thiophene rings is 1. The predicted octanol–water partition coefficient (Wildman–Crippen LogP) is 2.79. The maximum atomic E-state index is 12.3. The maximum Gasteiger partial charge on any atom is 0.330 e. The van der Waals surface area contributed by atoms with Gasteiger partial charge in [0.05, 0.1) is 15.3 Å². The third kappa shape index (κ3) is 2.56. The molecule has 0 radical (unpaired) electrons. The second-order valence-corrected chi connectivity index (χ2v) is 7.35. The van der Waals surface area contributed by atoms with Crippen LogP contribution in [0, 0.1) is 5.41 Å². The van der Waals surface area contributed by atoms with Gasteiger partial charge in [-0.3, -0.25) is 4.79 Å². The molecule has 1 heterocycles. The molecule has 21 heavy (non-hydrogen) atoms. The van der Waals surface area contributed by atoms with E-state index in [1.807, 2.05) is 6.92 Å². The van der Waals surface area contributed by atoms with E-state index in [4.69, 9.17) is 16.3 Å². The molecule has 2 unspecified atom stereocenters. The molecule has 2 N–H and O–H groups in total. The molecule has 5 nitrogen and oxygen atoms in total. The summed E-state index contributed by atoms with van der Waals surface area (Å²) in [6.45, 7) is 5.97. The summed E-state index contributed by atoms with van der Waals surface area (Å²) in [4.78, 5) is 24.4. The SMILES string of the molecule is CCOC1CC(NC(=O)c2ccc(Cl)s2)(C(=O)O)C1(C)C. The average Bonchev–Trinajstić information content (AvgIpc) is 2.83. The van der Waals surface area contributed by atoms with Crippen LogP contribution in [0.25, 0.3) is 0 Å². The normalized spacial score (nSPS) is 27.0. The molecule has 1 fully saturated rings. The number of carbonyl (C=O) groups excluding carboxylic acids is 1. The first-order chi connectivity index (χ1) is 9.74. The van der Waals surface area contributed by atoms with Gasteiger partial charge in [-0.15, -0.1) is 11.3 Å². The third-order valence-corrected chi connectivity index (χ3v) is 5.48. The van der Waals surface area contributed by atoms with Gasteiger partial charge in [-0.1, -0.05) is 25.4 Å². The van der Waals surface area contributed by atoms with Gasteiger partial charge >= 0.3 is 5.97 Å². The minimum atomic E-state index is -1.32. The summed E-state index contributed by atoms with van der Waals surface area (Å²) in [6, 6.07) is 3.20. The number of amides is 1. The van der Waals surface area contributed by atoms with Crippen LogP contribution in [0.3, 0.4) is 0 Å². The fourth-order valence-electron chi connectivity index (χ4n) is 2.73. The van der Waals surface area contributed by atoms with Crippen LogP contribution in [0.5, 0.6) is 0 Å². The van der Waals surface area contributed by atoms with Gasteiger partial charge in [0.15, 0.2) is 0 Å². The van der Waals surface area contributed by atoms with Crippen LogP contribution in [0.4, 0.5) is 0 Å². The van der Waals surface area contributed by atoms with Crippen molar-refractivity contribution in [1.29, 1.82) is 0 Å². The van der Waals surface area contributed by atoms with E-state index in [1.54, 1.807) is 26.0 Å². The quantitative estimate of drug-likeness (QED) is 0.870. The standard InChI is InChI=1S/C14H18ClNO4S/c1-4-20-9-7-14(12(18)19,13(9,2)3)16-11(17)8-5-6-10(15)21-8/h5-6,9H,4,7H2,1-3H3,(H,16,17)(H,18,19). The predicted molar refractivity (Wildman–Crippen MR) is 81.0 cm³/mol. The number of nitrogens with one attached hydrogen (secondary N) is 1. The number of ether oxygens (including phenoxy) is 1. The Bertz CT molecular complexity index is 571. The summed E-state index contributed by atoms with van der Waals surface area (Å²) in [5.74, 6) is -1.46. The lowest BCUT2D eigenvalue weighted by molar-refractivity contribution is -0.190. The van der Waals surface area contributed by atoms with E-state index in [2.05, 4.69) is 5.32 Å². The van der Waals surface area contributed by atoms with Gasteiger partial charge in [0.25, 0.3) is 5.91 Å². The summed E-state index contributed by atoms with van der Waals surface area (Å²) in [6.07, 6.45) is 0.0689. The molecule has 1 aliphatic rings. The number of hydrogen-bond acceptors (Lipinski definition) is 4. The zero-order valence-electron chi connectivity index (χ0n) is 12.1. The molecule has 1 amide bonds. The van der Waals surface area contributed by atoms with Crippen LogP contribution in [0.15, 0.2) is 12.1 Å². The number of hydrogen-bond donors (Lipinski definition) is 2. The van der Waals surface area contributed by atoms with Crippen LogP contribution in [0.2, 0.25) is 4.34 Å². The van der Waals surface area contributed by atoms with Crippen molar-refractivity contribution in [1.82, 2.24) is 5.32 Å². The van der Waals surface area contributed by atoms with E-state index in [1.165, 1.54) is 0 Å². The van der Waals surface area contributed by atoms with Gasteiger partial charge in [0, 0.05) is 18.4 Å². The highest BCUT2D eigenvalue weighted by Crippen LogP contribution is 2.51. The number of carbonyl (C=O) groups is 2. The van der Waals surface area contributed by atoms with Gasteiger partial charge in [-0.05, 0) is 19.1 Å². The molecular formula is C14H18ClNO4S. The Balaban J connectivity index is 2.22. The van der Waals surface area contributed by atoms with Crippen molar-refractivity contribution in [3.8, 4) is 0 Å². The Hall–Kier alpha value is -1.11. The smallest absolute Gasteiger partial charge is 0.330 e. The third-order valence-electron chi connectivity index (χ3n) is 4.25. The molecule has 0 aromatic carbocycles. The Kier molecular flexibility index (Phi) is 4.33. The van der Waals surface area contributed by atoms with Gasteiger partial charge in [-0.25, -0.2) is 4.79 Å². The van der Waals surface area contributed by atoms with Crippen molar-refractivity contribution < 1.29 is 19.4 Å². The van der Waals surface area contributed by atoms with Crippen LogP contribution >= 0.6 is 22.9 Å². The number of halogens is 1. The minimum Gasteiger partial charge on any atom is -0.479 e. The van der Waals surface area contributed by atoms with Crippen molar-refractivity contribution >= 4 is 34.8 Å². The molecule has 0 spiro atoms. The minimum absolute atomic E-state index is 0.189. The number of aliphatic carboxylic acids is 1. The maximum absolute atomic E-state index is 12.3. The van der Waals surface area contributed by atoms with Crippen LogP contribution in [-0.2, 0) is 9.53 Å². The van der Waals surface area contributed by atoms with Crippen molar-refractivity contribution in [3.05, 3.63) is 21.3 Å². The van der Waals surface area contributed by atoms with Crippen LogP contribution < -0.4 is 5.32 Å². The lowest BCUT2D eigenvalue weighted by Gasteiger charge is -2.58. The van der Waals surface area contributed by atoms with Crippen molar-refractivity contribution in [2.45, 2.75) is 38.8 Å². The van der Waals surface area contributed by atoms with Crippen molar-refractivity contribution in [3.63, 3.8) is 0 Å². The highest BCUT2D eigenvalue weighted by Gasteiger charge is 2.66. The first-order valence-corrected chi connectivity index (χ1v) is 7.87. The lowest BCUT2D eigenvalue weighted by Crippen LogP contribution is -2.76. The number of carboxylic acid groups (broad SMARTS) is 1. The van der Waals surface area contributed by atoms with E-state index >= 15 is 0 Å². The molecular weight excluding hydrogens is 314 g/mol. The zero-order valence-corrected chi connectivity index (χ0v) is 13.7. The first-order valence-electron chi connectivity index (χ1n) is 6.67. The summed E-state index contributed by atoms with van der Waals surface area (Å²) >= 11 is 6.93. The van der Waals surface area contributed by atoms with Crippen LogP contribution in [0.1, 0.15) is 36.9 Å². The molecule has 1 aliphatic carbocycles. The molecule has 1 saturated carbocycles.